The molecule has 0 aliphatic heterocycles. The average molecular weight is 514 g/mol. The molecule has 0 spiro atoms. The third-order valence-electron chi connectivity index (χ3n) is 4.16. The standard InChI is InChI=1S/C18H29BrO2.C6H5Br/c1-3-5-7-9-13-20-16-11-12-17(19)18(15-16)21-14-10-8-6-4-2;7-6-4-2-1-3-5-6/h11-12,15H,3-10,13-14H2,1-2H3;1-5H. The van der Waals surface area contributed by atoms with Crippen LogP contribution in [-0.2, 0) is 0 Å². The van der Waals surface area contributed by atoms with Crippen molar-refractivity contribution in [3.63, 3.8) is 0 Å². The first-order valence-electron chi connectivity index (χ1n) is 10.4. The minimum Gasteiger partial charge on any atom is -0.493 e. The van der Waals surface area contributed by atoms with E-state index in [1.807, 2.05) is 48.5 Å². The van der Waals surface area contributed by atoms with E-state index in [4.69, 9.17) is 9.47 Å². The second-order valence-corrected chi connectivity index (χ2v) is 8.48. The predicted molar refractivity (Wildman–Crippen MR) is 128 cm³/mol. The van der Waals surface area contributed by atoms with E-state index >= 15 is 0 Å². The van der Waals surface area contributed by atoms with Gasteiger partial charge in [0.2, 0.25) is 0 Å². The van der Waals surface area contributed by atoms with E-state index in [-0.39, 0.29) is 0 Å². The molecule has 156 valence electrons. The Morgan fingerprint density at radius 2 is 1.29 bits per heavy atom. The van der Waals surface area contributed by atoms with Crippen LogP contribution < -0.4 is 9.47 Å². The van der Waals surface area contributed by atoms with Crippen LogP contribution in [0.4, 0.5) is 0 Å². The van der Waals surface area contributed by atoms with Crippen molar-refractivity contribution in [1.29, 1.82) is 0 Å². The topological polar surface area (TPSA) is 18.5 Å². The lowest BCUT2D eigenvalue weighted by Gasteiger charge is -2.11. The highest BCUT2D eigenvalue weighted by molar-refractivity contribution is 9.10. The van der Waals surface area contributed by atoms with Crippen molar-refractivity contribution in [3.8, 4) is 11.5 Å². The summed E-state index contributed by atoms with van der Waals surface area (Å²) in [7, 11) is 0. The van der Waals surface area contributed by atoms with Crippen LogP contribution in [-0.4, -0.2) is 13.2 Å². The van der Waals surface area contributed by atoms with Crippen molar-refractivity contribution in [2.75, 3.05) is 13.2 Å². The predicted octanol–water partition coefficient (Wildman–Crippen LogP) is 8.82. The van der Waals surface area contributed by atoms with Gasteiger partial charge in [0.1, 0.15) is 11.5 Å². The molecule has 0 radical (unpaired) electrons. The molecule has 4 heteroatoms. The fourth-order valence-electron chi connectivity index (χ4n) is 2.53. The number of hydrogen-bond donors (Lipinski definition) is 0. The summed E-state index contributed by atoms with van der Waals surface area (Å²) in [5, 5.41) is 0. The zero-order valence-electron chi connectivity index (χ0n) is 17.3. The highest BCUT2D eigenvalue weighted by Gasteiger charge is 2.04. The third kappa shape index (κ3) is 12.5. The molecule has 0 unspecified atom stereocenters. The maximum atomic E-state index is 5.84. The van der Waals surface area contributed by atoms with Crippen molar-refractivity contribution >= 4 is 31.9 Å². The molecular formula is C24H34Br2O2. The molecule has 0 N–H and O–H groups in total. The summed E-state index contributed by atoms with van der Waals surface area (Å²) in [6, 6.07) is 16.0. The number of halogens is 2. The highest BCUT2D eigenvalue weighted by Crippen LogP contribution is 2.29. The second kappa shape index (κ2) is 16.9. The fourth-order valence-corrected chi connectivity index (χ4v) is 3.19. The smallest absolute Gasteiger partial charge is 0.137 e. The highest BCUT2D eigenvalue weighted by atomic mass is 79.9. The van der Waals surface area contributed by atoms with Crippen LogP contribution in [0.2, 0.25) is 0 Å². The molecule has 0 saturated carbocycles. The number of ether oxygens (including phenoxy) is 2. The van der Waals surface area contributed by atoms with Gasteiger partial charge in [-0.3, -0.25) is 0 Å². The zero-order valence-corrected chi connectivity index (χ0v) is 20.4. The summed E-state index contributed by atoms with van der Waals surface area (Å²) >= 11 is 6.85. The molecule has 0 aromatic heterocycles. The first-order chi connectivity index (χ1) is 13.7. The third-order valence-corrected chi connectivity index (χ3v) is 5.34. The minimum atomic E-state index is 0.776. The Morgan fingerprint density at radius 3 is 1.82 bits per heavy atom. The number of hydrogen-bond acceptors (Lipinski definition) is 2. The fraction of sp³-hybridized carbons (Fsp3) is 0.500. The van der Waals surface area contributed by atoms with Crippen LogP contribution in [0.25, 0.3) is 0 Å². The summed E-state index contributed by atoms with van der Waals surface area (Å²) in [6.07, 6.45) is 9.80. The van der Waals surface area contributed by atoms with Crippen molar-refractivity contribution in [3.05, 3.63) is 57.5 Å². The van der Waals surface area contributed by atoms with Gasteiger partial charge in [0, 0.05) is 10.5 Å². The van der Waals surface area contributed by atoms with Gasteiger partial charge in [0.25, 0.3) is 0 Å². The number of unbranched alkanes of at least 4 members (excludes halogenated alkanes) is 6. The van der Waals surface area contributed by atoms with E-state index in [2.05, 4.69) is 45.7 Å². The van der Waals surface area contributed by atoms with Gasteiger partial charge in [0.15, 0.2) is 0 Å². The summed E-state index contributed by atoms with van der Waals surface area (Å²) in [4.78, 5) is 0. The molecule has 2 aromatic rings. The lowest BCUT2D eigenvalue weighted by atomic mass is 10.2. The molecule has 0 saturated heterocycles. The SMILES string of the molecule is Brc1ccccc1.CCCCCCOc1ccc(Br)c(OCCCCCC)c1. The maximum Gasteiger partial charge on any atom is 0.137 e. The molecule has 0 aliphatic rings. The Hall–Kier alpha value is -1.00. The van der Waals surface area contributed by atoms with Gasteiger partial charge >= 0.3 is 0 Å². The zero-order chi connectivity index (χ0) is 20.5. The van der Waals surface area contributed by atoms with E-state index in [1.54, 1.807) is 0 Å². The van der Waals surface area contributed by atoms with Gasteiger partial charge in [-0.25, -0.2) is 0 Å². The van der Waals surface area contributed by atoms with Gasteiger partial charge < -0.3 is 9.47 Å². The van der Waals surface area contributed by atoms with E-state index in [9.17, 15) is 0 Å². The van der Waals surface area contributed by atoms with E-state index < -0.39 is 0 Å². The van der Waals surface area contributed by atoms with E-state index in [0.29, 0.717) is 0 Å². The molecule has 0 bridgehead atoms. The van der Waals surface area contributed by atoms with Crippen molar-refractivity contribution in [2.45, 2.75) is 65.2 Å². The summed E-state index contributed by atoms with van der Waals surface area (Å²) < 4.78 is 13.8. The van der Waals surface area contributed by atoms with Crippen LogP contribution >= 0.6 is 31.9 Å². The Bertz CT molecular complexity index is 617. The first kappa shape index (κ1) is 25.0. The summed E-state index contributed by atoms with van der Waals surface area (Å²) in [6.45, 7) is 6.01. The summed E-state index contributed by atoms with van der Waals surface area (Å²) in [5.74, 6) is 1.79. The number of benzene rings is 2. The molecular weight excluding hydrogens is 480 g/mol. The van der Waals surface area contributed by atoms with Gasteiger partial charge in [-0.15, -0.1) is 0 Å². The van der Waals surface area contributed by atoms with Gasteiger partial charge in [-0.05, 0) is 53.0 Å². The second-order valence-electron chi connectivity index (χ2n) is 6.71. The lowest BCUT2D eigenvalue weighted by Crippen LogP contribution is -2.00. The molecule has 2 aromatic carbocycles. The molecule has 0 amide bonds. The first-order valence-corrected chi connectivity index (χ1v) is 12.0. The van der Waals surface area contributed by atoms with Crippen LogP contribution in [0.1, 0.15) is 65.2 Å². The molecule has 0 heterocycles. The van der Waals surface area contributed by atoms with Crippen LogP contribution in [0, 0.1) is 0 Å². The molecule has 0 fully saturated rings. The molecule has 2 nitrogen and oxygen atoms in total. The Morgan fingerprint density at radius 1 is 0.679 bits per heavy atom. The van der Waals surface area contributed by atoms with E-state index in [0.717, 1.165) is 46.5 Å². The van der Waals surface area contributed by atoms with Crippen molar-refractivity contribution in [1.82, 2.24) is 0 Å². The van der Waals surface area contributed by atoms with Crippen molar-refractivity contribution in [2.24, 2.45) is 0 Å². The maximum absolute atomic E-state index is 5.84. The lowest BCUT2D eigenvalue weighted by molar-refractivity contribution is 0.289. The Labute approximate surface area is 188 Å². The van der Waals surface area contributed by atoms with Crippen LogP contribution in [0.3, 0.4) is 0 Å². The van der Waals surface area contributed by atoms with Gasteiger partial charge in [-0.1, -0.05) is 86.5 Å². The quantitative estimate of drug-likeness (QED) is 0.264. The monoisotopic (exact) mass is 512 g/mol. The normalized spacial score (nSPS) is 10.1. The average Bonchev–Trinajstić information content (AvgIpc) is 2.71. The summed E-state index contributed by atoms with van der Waals surface area (Å²) in [5.41, 5.74) is 0. The molecule has 28 heavy (non-hydrogen) atoms. The van der Waals surface area contributed by atoms with Gasteiger partial charge in [0.05, 0.1) is 17.7 Å². The molecule has 0 atom stereocenters. The number of rotatable bonds is 12. The minimum absolute atomic E-state index is 0.776. The van der Waals surface area contributed by atoms with Crippen molar-refractivity contribution < 1.29 is 9.47 Å². The van der Waals surface area contributed by atoms with E-state index in [1.165, 1.54) is 38.5 Å². The molecule has 0 aliphatic carbocycles. The molecule has 2 rings (SSSR count). The van der Waals surface area contributed by atoms with Gasteiger partial charge in [-0.2, -0.15) is 0 Å². The van der Waals surface area contributed by atoms with Crippen LogP contribution in [0.15, 0.2) is 57.5 Å². The Balaban J connectivity index is 0.000000467. The van der Waals surface area contributed by atoms with Crippen LogP contribution in [0.5, 0.6) is 11.5 Å². The Kier molecular flexibility index (Phi) is 15.1. The largest absolute Gasteiger partial charge is 0.493 e.